The molecule has 2 heterocycles. The number of hydrogen-bond donors (Lipinski definition) is 2. The fraction of sp³-hybridized carbons (Fsp3) is 0.583. The van der Waals surface area contributed by atoms with E-state index in [9.17, 15) is 0 Å². The molecule has 15 heavy (non-hydrogen) atoms. The van der Waals surface area contributed by atoms with Crippen LogP contribution in [-0.2, 0) is 0 Å². The lowest BCUT2D eigenvalue weighted by Gasteiger charge is -2.25. The average molecular weight is 205 g/mol. The van der Waals surface area contributed by atoms with Crippen LogP contribution in [0, 0.1) is 0 Å². The molecule has 3 heteroatoms. The molecule has 0 amide bonds. The molecule has 1 saturated heterocycles. The summed E-state index contributed by atoms with van der Waals surface area (Å²) in [6.45, 7) is 0. The molecule has 2 atom stereocenters. The zero-order valence-electron chi connectivity index (χ0n) is 9.02. The zero-order valence-corrected chi connectivity index (χ0v) is 9.02. The van der Waals surface area contributed by atoms with Gasteiger partial charge in [-0.25, -0.2) is 0 Å². The van der Waals surface area contributed by atoms with Crippen molar-refractivity contribution in [3.05, 3.63) is 30.1 Å². The van der Waals surface area contributed by atoms with Gasteiger partial charge in [0.25, 0.3) is 0 Å². The molecule has 0 radical (unpaired) electrons. The smallest absolute Gasteiger partial charge is 0.0573 e. The predicted molar refractivity (Wildman–Crippen MR) is 61.2 cm³/mol. The van der Waals surface area contributed by atoms with E-state index in [0.717, 1.165) is 18.5 Å². The highest BCUT2D eigenvalue weighted by molar-refractivity contribution is 5.09. The summed E-state index contributed by atoms with van der Waals surface area (Å²) in [4.78, 5) is 4.39. The molecule has 82 valence electrons. The Bertz CT molecular complexity index is 286. The van der Waals surface area contributed by atoms with Gasteiger partial charge in [-0.15, -0.1) is 0 Å². The summed E-state index contributed by atoms with van der Waals surface area (Å²) in [6, 6.07) is 6.40. The highest BCUT2D eigenvalue weighted by atomic mass is 15.1. The maximum absolute atomic E-state index is 5.99. The van der Waals surface area contributed by atoms with Gasteiger partial charge in [0, 0.05) is 6.20 Å². The van der Waals surface area contributed by atoms with E-state index in [0.29, 0.717) is 6.04 Å². The van der Waals surface area contributed by atoms with Crippen LogP contribution in [0.2, 0.25) is 0 Å². The van der Waals surface area contributed by atoms with E-state index in [2.05, 4.69) is 16.4 Å². The molecule has 1 aliphatic rings. The van der Waals surface area contributed by atoms with Gasteiger partial charge in [0.05, 0.1) is 17.9 Å². The van der Waals surface area contributed by atoms with E-state index in [1.165, 1.54) is 19.3 Å². The summed E-state index contributed by atoms with van der Waals surface area (Å²) in [6.07, 6.45) is 7.98. The molecule has 0 spiro atoms. The second-order valence-electron chi connectivity index (χ2n) is 4.22. The summed E-state index contributed by atoms with van der Waals surface area (Å²) in [5.74, 6) is 0. The molecule has 1 aliphatic heterocycles. The highest BCUT2D eigenvalue weighted by Gasteiger charge is 2.17. The van der Waals surface area contributed by atoms with Gasteiger partial charge in [-0.05, 0) is 25.0 Å². The van der Waals surface area contributed by atoms with E-state index in [4.69, 9.17) is 5.73 Å². The van der Waals surface area contributed by atoms with Gasteiger partial charge < -0.3 is 5.73 Å². The van der Waals surface area contributed by atoms with Crippen LogP contribution >= 0.6 is 0 Å². The van der Waals surface area contributed by atoms with Gasteiger partial charge in [-0.1, -0.05) is 25.3 Å². The van der Waals surface area contributed by atoms with Crippen LogP contribution in [0.5, 0.6) is 0 Å². The van der Waals surface area contributed by atoms with Crippen LogP contribution in [0.3, 0.4) is 0 Å². The van der Waals surface area contributed by atoms with Crippen molar-refractivity contribution in [1.29, 1.82) is 0 Å². The fourth-order valence-electron chi connectivity index (χ4n) is 2.13. The monoisotopic (exact) mass is 205 g/mol. The van der Waals surface area contributed by atoms with Crippen LogP contribution in [0.1, 0.15) is 43.8 Å². The number of rotatable bonds is 1. The van der Waals surface area contributed by atoms with E-state index in [1.807, 2.05) is 18.3 Å². The van der Waals surface area contributed by atoms with Gasteiger partial charge in [0.15, 0.2) is 0 Å². The molecule has 3 N–H and O–H groups in total. The van der Waals surface area contributed by atoms with Crippen molar-refractivity contribution in [3.8, 4) is 0 Å². The summed E-state index contributed by atoms with van der Waals surface area (Å²) in [7, 11) is 0. The average Bonchev–Trinajstić information content (AvgIpc) is 2.24. The number of nitrogens with two attached hydrogens (primary N) is 1. The Balaban J connectivity index is 2.05. The predicted octanol–water partition coefficient (Wildman–Crippen LogP) is 1.96. The van der Waals surface area contributed by atoms with Gasteiger partial charge in [-0.3, -0.25) is 10.3 Å². The summed E-state index contributed by atoms with van der Waals surface area (Å²) >= 11 is 0. The minimum atomic E-state index is 0.123. The van der Waals surface area contributed by atoms with Crippen LogP contribution < -0.4 is 11.1 Å². The zero-order chi connectivity index (χ0) is 10.5. The number of nitrogens with zero attached hydrogens (tertiary/aromatic N) is 1. The number of aromatic nitrogens is 1. The standard InChI is InChI=1S/C12H19N3/c13-12-8-3-1-2-7-11(15-12)10-6-4-5-9-14-10/h4-6,9,11-12,15H,1-3,7-8,13H2. The first-order valence-electron chi connectivity index (χ1n) is 5.79. The molecule has 3 nitrogen and oxygen atoms in total. The third-order valence-electron chi connectivity index (χ3n) is 2.97. The number of pyridine rings is 1. The topological polar surface area (TPSA) is 50.9 Å². The second kappa shape index (κ2) is 5.24. The normalized spacial score (nSPS) is 28.1. The number of hydrogen-bond acceptors (Lipinski definition) is 3. The molecule has 0 aliphatic carbocycles. The molecule has 1 aromatic heterocycles. The summed E-state index contributed by atoms with van der Waals surface area (Å²) < 4.78 is 0. The molecule has 1 aromatic rings. The molecule has 2 unspecified atom stereocenters. The van der Waals surface area contributed by atoms with Crippen molar-refractivity contribution < 1.29 is 0 Å². The Morgan fingerprint density at radius 2 is 2.07 bits per heavy atom. The van der Waals surface area contributed by atoms with Crippen molar-refractivity contribution in [2.45, 2.75) is 44.3 Å². The molecular weight excluding hydrogens is 186 g/mol. The van der Waals surface area contributed by atoms with Crippen molar-refractivity contribution in [1.82, 2.24) is 10.3 Å². The minimum Gasteiger partial charge on any atom is -0.316 e. The molecule has 1 fully saturated rings. The Labute approximate surface area is 91.1 Å². The third kappa shape index (κ3) is 3.01. The van der Waals surface area contributed by atoms with E-state index in [1.54, 1.807) is 0 Å². The largest absolute Gasteiger partial charge is 0.316 e. The first-order chi connectivity index (χ1) is 7.36. The van der Waals surface area contributed by atoms with E-state index >= 15 is 0 Å². The number of nitrogens with one attached hydrogen (secondary N) is 1. The lowest BCUT2D eigenvalue weighted by molar-refractivity contribution is 0.351. The van der Waals surface area contributed by atoms with Crippen LogP contribution in [-0.4, -0.2) is 11.1 Å². The highest BCUT2D eigenvalue weighted by Crippen LogP contribution is 2.21. The Hall–Kier alpha value is -0.930. The molecule has 0 saturated carbocycles. The van der Waals surface area contributed by atoms with Gasteiger partial charge in [0.1, 0.15) is 0 Å². The quantitative estimate of drug-likeness (QED) is 0.737. The van der Waals surface area contributed by atoms with Crippen molar-refractivity contribution in [2.75, 3.05) is 0 Å². The molecule has 0 aromatic carbocycles. The molecular formula is C12H19N3. The van der Waals surface area contributed by atoms with Crippen LogP contribution in [0.25, 0.3) is 0 Å². The summed E-state index contributed by atoms with van der Waals surface area (Å²) in [5.41, 5.74) is 7.11. The van der Waals surface area contributed by atoms with Gasteiger partial charge in [-0.2, -0.15) is 0 Å². The maximum atomic E-state index is 5.99. The Morgan fingerprint density at radius 1 is 1.20 bits per heavy atom. The third-order valence-corrected chi connectivity index (χ3v) is 2.97. The lowest BCUT2D eigenvalue weighted by atomic mass is 10.00. The minimum absolute atomic E-state index is 0.123. The van der Waals surface area contributed by atoms with Crippen molar-refractivity contribution in [2.24, 2.45) is 5.73 Å². The Morgan fingerprint density at radius 3 is 2.87 bits per heavy atom. The van der Waals surface area contributed by atoms with Crippen LogP contribution in [0.4, 0.5) is 0 Å². The van der Waals surface area contributed by atoms with E-state index in [-0.39, 0.29) is 6.17 Å². The molecule has 0 bridgehead atoms. The second-order valence-corrected chi connectivity index (χ2v) is 4.22. The van der Waals surface area contributed by atoms with Crippen molar-refractivity contribution in [3.63, 3.8) is 0 Å². The van der Waals surface area contributed by atoms with Gasteiger partial charge >= 0.3 is 0 Å². The first kappa shape index (κ1) is 10.6. The van der Waals surface area contributed by atoms with Crippen LogP contribution in [0.15, 0.2) is 24.4 Å². The molecule has 2 rings (SSSR count). The summed E-state index contributed by atoms with van der Waals surface area (Å²) in [5, 5.41) is 3.45. The SMILES string of the molecule is NC1CCCCCC(c2ccccn2)N1. The van der Waals surface area contributed by atoms with Gasteiger partial charge in [0.2, 0.25) is 0 Å². The fourth-order valence-corrected chi connectivity index (χ4v) is 2.13. The lowest BCUT2D eigenvalue weighted by Crippen LogP contribution is -2.40. The van der Waals surface area contributed by atoms with E-state index < -0.39 is 0 Å². The maximum Gasteiger partial charge on any atom is 0.0573 e. The van der Waals surface area contributed by atoms with Crippen molar-refractivity contribution >= 4 is 0 Å². The Kier molecular flexibility index (Phi) is 3.69. The first-order valence-corrected chi connectivity index (χ1v) is 5.79.